The Morgan fingerprint density at radius 1 is 0.765 bits per heavy atom. The van der Waals surface area contributed by atoms with Gasteiger partial charge in [0.2, 0.25) is 0 Å². The van der Waals surface area contributed by atoms with Crippen LogP contribution in [0.5, 0.6) is 0 Å². The number of piperidine rings is 2. The van der Waals surface area contributed by atoms with Gasteiger partial charge in [-0.15, -0.1) is 0 Å². The molecule has 0 bridgehead atoms. The molecule has 4 rings (SSSR count). The first-order valence-electron chi connectivity index (χ1n) is 12.3. The van der Waals surface area contributed by atoms with Crippen LogP contribution >= 0.6 is 0 Å². The molecule has 2 aliphatic rings. The molecule has 0 aromatic carbocycles. The number of likely N-dealkylation sites (tertiary alicyclic amines) is 2. The van der Waals surface area contributed by atoms with Crippen LogP contribution in [0.1, 0.15) is 81.1 Å². The molecule has 34 heavy (non-hydrogen) atoms. The molecule has 6 nitrogen and oxygen atoms in total. The summed E-state index contributed by atoms with van der Waals surface area (Å²) in [6.45, 7) is 10.4. The fourth-order valence-electron chi connectivity index (χ4n) is 4.02. The Hall–Kier alpha value is -2.13. The average molecular weight is 481 g/mol. The molecule has 0 spiro atoms. The van der Waals surface area contributed by atoms with E-state index in [0.29, 0.717) is 11.7 Å². The minimum Gasteiger partial charge on any atom is -0.306 e. The van der Waals surface area contributed by atoms with Crippen molar-refractivity contribution in [2.24, 2.45) is 0 Å². The third-order valence-corrected chi connectivity index (χ3v) is 6.31. The minimum absolute atomic E-state index is 0.188. The number of aryl methyl sites for hydroxylation is 1. The molecule has 0 aliphatic carbocycles. The maximum Gasteiger partial charge on any atom is 0.419 e. The van der Waals surface area contributed by atoms with Gasteiger partial charge in [0.25, 0.3) is 0 Å². The molecule has 0 atom stereocenters. The Morgan fingerprint density at radius 3 is 1.68 bits per heavy atom. The molecule has 0 amide bonds. The van der Waals surface area contributed by atoms with Crippen LogP contribution in [0.3, 0.4) is 0 Å². The molecule has 9 heteroatoms. The predicted molar refractivity (Wildman–Crippen MR) is 129 cm³/mol. The highest BCUT2D eigenvalue weighted by Crippen LogP contribution is 2.30. The van der Waals surface area contributed by atoms with Gasteiger partial charge in [-0.2, -0.15) is 13.2 Å². The van der Waals surface area contributed by atoms with Crippen LogP contribution in [0.25, 0.3) is 0 Å². The van der Waals surface area contributed by atoms with E-state index >= 15 is 0 Å². The molecule has 0 radical (unpaired) electrons. The number of hydrogen-bond donors (Lipinski definition) is 0. The molecule has 2 aromatic rings. The van der Waals surface area contributed by atoms with E-state index in [9.17, 15) is 13.2 Å². The number of nitrogens with zero attached hydrogens (tertiary/aromatic N) is 6. The lowest BCUT2D eigenvalue weighted by Gasteiger charge is -2.28. The number of hydrogen-bond acceptors (Lipinski definition) is 6. The number of alkyl halides is 3. The number of rotatable bonds is 3. The van der Waals surface area contributed by atoms with Crippen LogP contribution in [0.4, 0.5) is 13.2 Å². The molecule has 2 aromatic heterocycles. The molecule has 2 fully saturated rings. The van der Waals surface area contributed by atoms with Crippen molar-refractivity contribution in [1.82, 2.24) is 29.7 Å². The molecule has 4 heterocycles. The fraction of sp³-hybridized carbons (Fsp3) is 0.680. The van der Waals surface area contributed by atoms with E-state index in [1.54, 1.807) is 0 Å². The van der Waals surface area contributed by atoms with Crippen LogP contribution in [-0.4, -0.2) is 70.0 Å². The first kappa shape index (κ1) is 28.1. The lowest BCUT2D eigenvalue weighted by Crippen LogP contribution is -2.30. The smallest absolute Gasteiger partial charge is 0.306 e. The molecule has 0 N–H and O–H groups in total. The van der Waals surface area contributed by atoms with E-state index in [-0.39, 0.29) is 5.92 Å². The Balaban J connectivity index is 0.000000225. The summed E-state index contributed by atoms with van der Waals surface area (Å²) >= 11 is 0. The van der Waals surface area contributed by atoms with E-state index in [1.807, 2.05) is 33.3 Å². The van der Waals surface area contributed by atoms with Crippen molar-refractivity contribution in [2.75, 3.05) is 40.3 Å². The second kappa shape index (κ2) is 13.7. The van der Waals surface area contributed by atoms with Crippen molar-refractivity contribution in [3.8, 4) is 0 Å². The van der Waals surface area contributed by atoms with Crippen molar-refractivity contribution >= 4 is 0 Å². The van der Waals surface area contributed by atoms with Gasteiger partial charge in [-0.1, -0.05) is 20.8 Å². The summed E-state index contributed by atoms with van der Waals surface area (Å²) in [4.78, 5) is 21.2. The maximum absolute atomic E-state index is 12.3. The second-order valence-electron chi connectivity index (χ2n) is 8.77. The minimum atomic E-state index is -4.36. The Kier molecular flexibility index (Phi) is 11.3. The molecular weight excluding hydrogens is 441 g/mol. The van der Waals surface area contributed by atoms with E-state index in [1.165, 1.54) is 31.6 Å². The van der Waals surface area contributed by atoms with Gasteiger partial charge in [0.05, 0.1) is 17.0 Å². The van der Waals surface area contributed by atoms with Gasteiger partial charge < -0.3 is 9.80 Å². The van der Waals surface area contributed by atoms with E-state index in [2.05, 4.69) is 43.7 Å². The third kappa shape index (κ3) is 8.58. The van der Waals surface area contributed by atoms with Crippen LogP contribution < -0.4 is 0 Å². The Morgan fingerprint density at radius 2 is 1.26 bits per heavy atom. The van der Waals surface area contributed by atoms with Gasteiger partial charge in [0.15, 0.2) is 0 Å². The molecule has 2 aliphatic heterocycles. The van der Waals surface area contributed by atoms with Crippen molar-refractivity contribution in [2.45, 2.75) is 70.9 Å². The SMILES string of the molecule is CC.CCc1cnc(C2CCN(C)CC2)cn1.CN1CCC(c2ncc(C(F)(F)F)cn2)CC1. The van der Waals surface area contributed by atoms with Crippen LogP contribution in [0.15, 0.2) is 24.8 Å². The Bertz CT molecular complexity index is 810. The summed E-state index contributed by atoms with van der Waals surface area (Å²) in [7, 11) is 4.21. The lowest BCUT2D eigenvalue weighted by molar-refractivity contribution is -0.138. The van der Waals surface area contributed by atoms with E-state index < -0.39 is 11.7 Å². The predicted octanol–water partition coefficient (Wildman–Crippen LogP) is 5.18. The maximum atomic E-state index is 12.3. The summed E-state index contributed by atoms with van der Waals surface area (Å²) < 4.78 is 37.0. The molecule has 190 valence electrons. The number of halogens is 3. The first-order chi connectivity index (χ1) is 16.3. The van der Waals surface area contributed by atoms with Crippen molar-refractivity contribution < 1.29 is 13.2 Å². The standard InChI is InChI=1S/C12H19N3.C11H14F3N3.C2H6/c1-3-11-8-14-12(9-13-11)10-4-6-15(2)7-5-10;1-17-4-2-8(3-5-17)10-15-6-9(7-16-10)11(12,13)14;1-2/h8-10H,3-7H2,1-2H3;6-8H,2-5H2,1H3;1-2H3. The third-order valence-electron chi connectivity index (χ3n) is 6.31. The quantitative estimate of drug-likeness (QED) is 0.603. The normalized spacial score (nSPS) is 18.5. The topological polar surface area (TPSA) is 58.0 Å². The van der Waals surface area contributed by atoms with Crippen LogP contribution in [0, 0.1) is 0 Å². The van der Waals surface area contributed by atoms with Gasteiger partial charge in [-0.3, -0.25) is 9.97 Å². The van der Waals surface area contributed by atoms with Crippen molar-refractivity contribution in [3.63, 3.8) is 0 Å². The first-order valence-corrected chi connectivity index (χ1v) is 12.3. The summed E-state index contributed by atoms with van der Waals surface area (Å²) in [6, 6.07) is 0. The molecule has 2 saturated heterocycles. The highest BCUT2D eigenvalue weighted by molar-refractivity contribution is 5.11. The highest BCUT2D eigenvalue weighted by Gasteiger charge is 2.32. The average Bonchev–Trinajstić information content (AvgIpc) is 2.86. The number of aromatic nitrogens is 4. The van der Waals surface area contributed by atoms with Crippen LogP contribution in [-0.2, 0) is 12.6 Å². The zero-order chi connectivity index (χ0) is 25.1. The van der Waals surface area contributed by atoms with E-state index in [0.717, 1.165) is 50.4 Å². The largest absolute Gasteiger partial charge is 0.419 e. The molecule has 0 saturated carbocycles. The highest BCUT2D eigenvalue weighted by atomic mass is 19.4. The second-order valence-corrected chi connectivity index (χ2v) is 8.77. The summed E-state index contributed by atoms with van der Waals surface area (Å²) in [5, 5.41) is 0. The van der Waals surface area contributed by atoms with Gasteiger partial charge >= 0.3 is 6.18 Å². The van der Waals surface area contributed by atoms with Gasteiger partial charge in [-0.25, -0.2) is 9.97 Å². The molecule has 0 unspecified atom stereocenters. The fourth-order valence-corrected chi connectivity index (χ4v) is 4.02. The van der Waals surface area contributed by atoms with Gasteiger partial charge in [0.1, 0.15) is 5.82 Å². The monoisotopic (exact) mass is 480 g/mol. The lowest BCUT2D eigenvalue weighted by atomic mass is 9.94. The molecular formula is C25H39F3N6. The van der Waals surface area contributed by atoms with Crippen LogP contribution in [0.2, 0.25) is 0 Å². The van der Waals surface area contributed by atoms with E-state index in [4.69, 9.17) is 0 Å². The van der Waals surface area contributed by atoms with Gasteiger partial charge in [-0.05, 0) is 72.4 Å². The van der Waals surface area contributed by atoms with Crippen molar-refractivity contribution in [3.05, 3.63) is 47.6 Å². The zero-order valence-corrected chi connectivity index (χ0v) is 21.1. The van der Waals surface area contributed by atoms with Gasteiger partial charge in [0, 0.05) is 36.6 Å². The zero-order valence-electron chi connectivity index (χ0n) is 21.1. The summed E-state index contributed by atoms with van der Waals surface area (Å²) in [5.41, 5.74) is 1.49. The summed E-state index contributed by atoms with van der Waals surface area (Å²) in [5.74, 6) is 1.35. The Labute approximate surface area is 202 Å². The van der Waals surface area contributed by atoms with Crippen molar-refractivity contribution in [1.29, 1.82) is 0 Å². The summed E-state index contributed by atoms with van der Waals surface area (Å²) in [6.07, 6.45) is 6.51.